The normalized spacial score (nSPS) is 11.3. The van der Waals surface area contributed by atoms with E-state index in [1.165, 1.54) is 12.3 Å². The largest absolute Gasteiger partial charge is 0.396 e. The molecular weight excluding hydrogens is 286 g/mol. The Morgan fingerprint density at radius 3 is 2.68 bits per heavy atom. The van der Waals surface area contributed by atoms with Crippen molar-refractivity contribution in [3.8, 4) is 0 Å². The number of nitrogens with zero attached hydrogens (tertiary/aromatic N) is 1. The third-order valence-corrected chi connectivity index (χ3v) is 4.08. The molecule has 0 amide bonds. The Labute approximate surface area is 116 Å². The zero-order chi connectivity index (χ0) is 14.0. The molecular formula is C12H12ClN3O2S. The minimum atomic E-state index is -3.85. The molecule has 0 aliphatic carbocycles. The fourth-order valence-electron chi connectivity index (χ4n) is 1.52. The predicted octanol–water partition coefficient (Wildman–Crippen LogP) is 2.43. The molecule has 0 bridgehead atoms. The van der Waals surface area contributed by atoms with E-state index in [-0.39, 0.29) is 16.4 Å². The maximum absolute atomic E-state index is 12.1. The van der Waals surface area contributed by atoms with Crippen molar-refractivity contribution in [2.75, 3.05) is 10.5 Å². The van der Waals surface area contributed by atoms with E-state index >= 15 is 0 Å². The third-order valence-electron chi connectivity index (χ3n) is 2.42. The first kappa shape index (κ1) is 13.6. The Morgan fingerprint density at radius 1 is 1.32 bits per heavy atom. The lowest BCUT2D eigenvalue weighted by molar-refractivity contribution is 0.598. The van der Waals surface area contributed by atoms with Gasteiger partial charge in [-0.15, -0.1) is 0 Å². The second-order valence-corrected chi connectivity index (χ2v) is 5.99. The summed E-state index contributed by atoms with van der Waals surface area (Å²) in [6.07, 6.45) is 1.36. The van der Waals surface area contributed by atoms with E-state index in [2.05, 4.69) is 9.71 Å². The average molecular weight is 298 g/mol. The molecule has 0 aliphatic heterocycles. The van der Waals surface area contributed by atoms with Gasteiger partial charge in [0.1, 0.15) is 0 Å². The quantitative estimate of drug-likeness (QED) is 0.911. The van der Waals surface area contributed by atoms with Gasteiger partial charge in [0.25, 0.3) is 10.0 Å². The highest BCUT2D eigenvalue weighted by Gasteiger charge is 2.19. The number of hydrogen-bond donors (Lipinski definition) is 2. The molecule has 1 aromatic heterocycles. The maximum Gasteiger partial charge on any atom is 0.281 e. The van der Waals surface area contributed by atoms with Gasteiger partial charge in [-0.1, -0.05) is 17.7 Å². The zero-order valence-corrected chi connectivity index (χ0v) is 11.7. The molecule has 7 heteroatoms. The first-order chi connectivity index (χ1) is 8.90. The van der Waals surface area contributed by atoms with E-state index in [0.29, 0.717) is 5.02 Å². The van der Waals surface area contributed by atoms with Crippen molar-refractivity contribution in [3.63, 3.8) is 0 Å². The molecule has 0 fully saturated rings. The van der Waals surface area contributed by atoms with Crippen LogP contribution in [0.1, 0.15) is 5.56 Å². The fourth-order valence-corrected chi connectivity index (χ4v) is 3.00. The van der Waals surface area contributed by atoms with Crippen LogP contribution in [-0.4, -0.2) is 13.4 Å². The van der Waals surface area contributed by atoms with Gasteiger partial charge in [-0.2, -0.15) is 8.42 Å². The Morgan fingerprint density at radius 2 is 2.05 bits per heavy atom. The Kier molecular flexibility index (Phi) is 3.64. The molecule has 0 radical (unpaired) electrons. The highest BCUT2D eigenvalue weighted by Crippen LogP contribution is 2.26. The maximum atomic E-state index is 12.1. The molecule has 0 saturated carbocycles. The Hall–Kier alpha value is -1.79. The molecule has 0 spiro atoms. The van der Waals surface area contributed by atoms with Crippen LogP contribution in [0.2, 0.25) is 5.02 Å². The lowest BCUT2D eigenvalue weighted by Crippen LogP contribution is -2.16. The number of halogens is 1. The number of aromatic nitrogens is 1. The summed E-state index contributed by atoms with van der Waals surface area (Å²) in [6.45, 7) is 1.86. The van der Waals surface area contributed by atoms with E-state index in [1.54, 1.807) is 24.3 Å². The van der Waals surface area contributed by atoms with Crippen LogP contribution in [0.25, 0.3) is 0 Å². The summed E-state index contributed by atoms with van der Waals surface area (Å²) in [5, 5.41) is 0.102. The van der Waals surface area contributed by atoms with Gasteiger partial charge >= 0.3 is 0 Å². The number of benzene rings is 1. The van der Waals surface area contributed by atoms with E-state index in [9.17, 15) is 8.42 Å². The van der Waals surface area contributed by atoms with Crippen LogP contribution < -0.4 is 10.5 Å². The minimum Gasteiger partial charge on any atom is -0.396 e. The monoisotopic (exact) mass is 297 g/mol. The third kappa shape index (κ3) is 2.97. The van der Waals surface area contributed by atoms with Gasteiger partial charge in [0.2, 0.25) is 0 Å². The standard InChI is InChI=1S/C12H12ClN3O2S/c1-8-4-5-11(9(13)7-8)16-19(17,18)12-10(14)3-2-6-15-12/h2-7,16H,14H2,1H3. The fraction of sp³-hybridized carbons (Fsp3) is 0.0833. The summed E-state index contributed by atoms with van der Waals surface area (Å²) >= 11 is 5.98. The van der Waals surface area contributed by atoms with Crippen LogP contribution in [0.15, 0.2) is 41.6 Å². The van der Waals surface area contributed by atoms with Crippen molar-refractivity contribution in [1.29, 1.82) is 0 Å². The first-order valence-corrected chi connectivity index (χ1v) is 7.26. The van der Waals surface area contributed by atoms with Gasteiger partial charge in [-0.25, -0.2) is 4.98 Å². The van der Waals surface area contributed by atoms with Crippen molar-refractivity contribution in [2.24, 2.45) is 0 Å². The summed E-state index contributed by atoms with van der Waals surface area (Å²) in [4.78, 5) is 3.77. The minimum absolute atomic E-state index is 0.0817. The van der Waals surface area contributed by atoms with Gasteiger partial charge in [-0.05, 0) is 36.8 Å². The van der Waals surface area contributed by atoms with Crippen LogP contribution in [0.3, 0.4) is 0 Å². The molecule has 0 aliphatic rings. The predicted molar refractivity (Wildman–Crippen MR) is 75.6 cm³/mol. The van der Waals surface area contributed by atoms with E-state index in [0.717, 1.165) is 5.56 Å². The summed E-state index contributed by atoms with van der Waals surface area (Å²) in [6, 6.07) is 8.05. The van der Waals surface area contributed by atoms with Crippen LogP contribution in [0.4, 0.5) is 11.4 Å². The number of anilines is 2. The summed E-state index contributed by atoms with van der Waals surface area (Å²) in [5.41, 5.74) is 6.91. The first-order valence-electron chi connectivity index (χ1n) is 5.39. The second kappa shape index (κ2) is 5.07. The summed E-state index contributed by atoms with van der Waals surface area (Å²) in [7, 11) is -3.85. The lowest BCUT2D eigenvalue weighted by Gasteiger charge is -2.10. The molecule has 3 N–H and O–H groups in total. The average Bonchev–Trinajstić information content (AvgIpc) is 2.33. The lowest BCUT2D eigenvalue weighted by atomic mass is 10.2. The van der Waals surface area contributed by atoms with Crippen LogP contribution in [-0.2, 0) is 10.0 Å². The van der Waals surface area contributed by atoms with E-state index in [4.69, 9.17) is 17.3 Å². The van der Waals surface area contributed by atoms with Crippen molar-refractivity contribution >= 4 is 33.0 Å². The van der Waals surface area contributed by atoms with Gasteiger partial charge in [0.05, 0.1) is 16.4 Å². The van der Waals surface area contributed by atoms with E-state index in [1.807, 2.05) is 6.92 Å². The van der Waals surface area contributed by atoms with Crippen LogP contribution in [0, 0.1) is 6.92 Å². The van der Waals surface area contributed by atoms with Crippen molar-refractivity contribution < 1.29 is 8.42 Å². The molecule has 0 saturated heterocycles. The Bertz CT molecular complexity index is 717. The molecule has 19 heavy (non-hydrogen) atoms. The zero-order valence-electron chi connectivity index (χ0n) is 10.1. The molecule has 0 atom stereocenters. The molecule has 5 nitrogen and oxygen atoms in total. The van der Waals surface area contributed by atoms with Gasteiger partial charge in [0, 0.05) is 6.20 Å². The molecule has 2 aromatic rings. The van der Waals surface area contributed by atoms with E-state index < -0.39 is 10.0 Å². The highest BCUT2D eigenvalue weighted by atomic mass is 35.5. The number of nitrogen functional groups attached to an aromatic ring is 1. The van der Waals surface area contributed by atoms with Gasteiger partial charge in [-0.3, -0.25) is 4.72 Å². The number of nitrogens with one attached hydrogen (secondary N) is 1. The van der Waals surface area contributed by atoms with Crippen molar-refractivity contribution in [3.05, 3.63) is 47.1 Å². The molecule has 100 valence electrons. The number of nitrogens with two attached hydrogens (primary N) is 1. The van der Waals surface area contributed by atoms with Crippen LogP contribution >= 0.6 is 11.6 Å². The topological polar surface area (TPSA) is 85.1 Å². The Balaban J connectivity index is 2.40. The van der Waals surface area contributed by atoms with Crippen LogP contribution in [0.5, 0.6) is 0 Å². The SMILES string of the molecule is Cc1ccc(NS(=O)(=O)c2ncccc2N)c(Cl)c1. The number of hydrogen-bond acceptors (Lipinski definition) is 4. The highest BCUT2D eigenvalue weighted by molar-refractivity contribution is 7.92. The summed E-state index contributed by atoms with van der Waals surface area (Å²) in [5.74, 6) is 0. The number of rotatable bonds is 3. The summed E-state index contributed by atoms with van der Waals surface area (Å²) < 4.78 is 26.7. The number of aryl methyl sites for hydroxylation is 1. The molecule has 1 aromatic carbocycles. The molecule has 2 rings (SSSR count). The molecule has 0 unspecified atom stereocenters. The molecule has 1 heterocycles. The second-order valence-electron chi connectivity index (χ2n) is 3.99. The number of pyridine rings is 1. The van der Waals surface area contributed by atoms with Crippen molar-refractivity contribution in [2.45, 2.75) is 11.9 Å². The number of sulfonamides is 1. The van der Waals surface area contributed by atoms with Gasteiger partial charge in [0.15, 0.2) is 5.03 Å². The van der Waals surface area contributed by atoms with Gasteiger partial charge < -0.3 is 5.73 Å². The van der Waals surface area contributed by atoms with Crippen molar-refractivity contribution in [1.82, 2.24) is 4.98 Å². The smallest absolute Gasteiger partial charge is 0.281 e.